The van der Waals surface area contributed by atoms with Crippen molar-refractivity contribution < 1.29 is 9.90 Å². The molecule has 0 aliphatic carbocycles. The fraction of sp³-hybridized carbons (Fsp3) is 0.533. The third kappa shape index (κ3) is 4.91. The van der Waals surface area contributed by atoms with E-state index in [-0.39, 0.29) is 17.9 Å². The Balaban J connectivity index is 2.75. The lowest BCUT2D eigenvalue weighted by Crippen LogP contribution is -2.31. The van der Waals surface area contributed by atoms with Gasteiger partial charge < -0.3 is 16.2 Å². The summed E-state index contributed by atoms with van der Waals surface area (Å²) >= 11 is 0. The zero-order chi connectivity index (χ0) is 14.6. The van der Waals surface area contributed by atoms with E-state index >= 15 is 0 Å². The fourth-order valence-electron chi connectivity index (χ4n) is 1.82. The molecule has 0 amide bonds. The van der Waals surface area contributed by atoms with Crippen LogP contribution in [0.1, 0.15) is 38.3 Å². The number of carboxylic acid groups (broad SMARTS) is 1. The van der Waals surface area contributed by atoms with Crippen molar-refractivity contribution in [2.45, 2.75) is 45.6 Å². The molecular weight excluding hydrogens is 240 g/mol. The van der Waals surface area contributed by atoms with Crippen LogP contribution in [0.5, 0.6) is 0 Å². The van der Waals surface area contributed by atoms with Gasteiger partial charge in [-0.25, -0.2) is 0 Å². The van der Waals surface area contributed by atoms with Gasteiger partial charge in [0.05, 0.1) is 6.42 Å². The summed E-state index contributed by atoms with van der Waals surface area (Å²) in [5, 5.41) is 11.9. The first-order valence-corrected chi connectivity index (χ1v) is 6.52. The molecule has 1 rings (SSSR count). The summed E-state index contributed by atoms with van der Waals surface area (Å²) < 4.78 is 0. The predicted octanol–water partition coefficient (Wildman–Crippen LogP) is 2.51. The topological polar surface area (TPSA) is 75.3 Å². The van der Waals surface area contributed by atoms with E-state index in [2.05, 4.69) is 44.3 Å². The maximum atomic E-state index is 10.6. The number of nitrogens with two attached hydrogens (primary N) is 1. The molecule has 0 aromatic heterocycles. The third-order valence-corrected chi connectivity index (χ3v) is 3.10. The van der Waals surface area contributed by atoms with Crippen LogP contribution in [0.3, 0.4) is 0 Å². The molecule has 1 unspecified atom stereocenters. The molecule has 0 aliphatic rings. The van der Waals surface area contributed by atoms with Gasteiger partial charge >= 0.3 is 5.97 Å². The summed E-state index contributed by atoms with van der Waals surface area (Å²) in [6, 6.07) is 5.93. The molecule has 1 aromatic carbocycles. The monoisotopic (exact) mass is 264 g/mol. The van der Waals surface area contributed by atoms with E-state index in [1.165, 1.54) is 5.56 Å². The van der Waals surface area contributed by atoms with Gasteiger partial charge in [-0.3, -0.25) is 4.79 Å². The molecule has 19 heavy (non-hydrogen) atoms. The molecule has 0 bridgehead atoms. The summed E-state index contributed by atoms with van der Waals surface area (Å²) in [4.78, 5) is 10.6. The highest BCUT2D eigenvalue weighted by atomic mass is 16.4. The number of anilines is 1. The predicted molar refractivity (Wildman–Crippen MR) is 78.6 cm³/mol. The standard InChI is InChI=1S/C15H24N2O2/c1-10-5-6-11(15(2,3)4)7-13(10)17-9-12(16)8-14(18)19/h5-7,12,17H,8-9,16H2,1-4H3,(H,18,19). The Hall–Kier alpha value is -1.55. The number of hydrogen-bond donors (Lipinski definition) is 3. The second-order valence-corrected chi connectivity index (χ2v) is 6.02. The van der Waals surface area contributed by atoms with E-state index in [1.54, 1.807) is 0 Å². The second-order valence-electron chi connectivity index (χ2n) is 6.02. The summed E-state index contributed by atoms with van der Waals surface area (Å²) in [7, 11) is 0. The quantitative estimate of drug-likeness (QED) is 0.764. The molecule has 4 nitrogen and oxygen atoms in total. The van der Waals surface area contributed by atoms with Gasteiger partial charge in [0.15, 0.2) is 0 Å². The number of carbonyl (C=O) groups is 1. The van der Waals surface area contributed by atoms with Crippen molar-refractivity contribution in [3.8, 4) is 0 Å². The van der Waals surface area contributed by atoms with E-state index in [1.807, 2.05) is 6.92 Å². The zero-order valence-corrected chi connectivity index (χ0v) is 12.2. The van der Waals surface area contributed by atoms with Crippen LogP contribution in [0.4, 0.5) is 5.69 Å². The van der Waals surface area contributed by atoms with Crippen LogP contribution < -0.4 is 11.1 Å². The molecule has 0 fully saturated rings. The van der Waals surface area contributed by atoms with Crippen LogP contribution in [0.15, 0.2) is 18.2 Å². The SMILES string of the molecule is Cc1ccc(C(C)(C)C)cc1NCC(N)CC(=O)O. The van der Waals surface area contributed by atoms with Crippen LogP contribution in [0, 0.1) is 6.92 Å². The van der Waals surface area contributed by atoms with Crippen molar-refractivity contribution in [1.29, 1.82) is 0 Å². The second kappa shape index (κ2) is 6.06. The number of hydrogen-bond acceptors (Lipinski definition) is 3. The first-order chi connectivity index (χ1) is 8.70. The van der Waals surface area contributed by atoms with E-state index in [0.29, 0.717) is 6.54 Å². The molecule has 0 radical (unpaired) electrons. The number of aryl methyl sites for hydroxylation is 1. The van der Waals surface area contributed by atoms with E-state index in [4.69, 9.17) is 10.8 Å². The Labute approximate surface area is 115 Å². The van der Waals surface area contributed by atoms with Gasteiger partial charge in [0, 0.05) is 18.3 Å². The smallest absolute Gasteiger partial charge is 0.304 e. The number of carboxylic acids is 1. The van der Waals surface area contributed by atoms with Crippen LogP contribution >= 0.6 is 0 Å². The van der Waals surface area contributed by atoms with Crippen LogP contribution in [0.2, 0.25) is 0 Å². The van der Waals surface area contributed by atoms with E-state index < -0.39 is 5.97 Å². The molecule has 1 atom stereocenters. The van der Waals surface area contributed by atoms with Crippen molar-refractivity contribution in [2.24, 2.45) is 5.73 Å². The maximum Gasteiger partial charge on any atom is 0.304 e. The summed E-state index contributed by atoms with van der Waals surface area (Å²) in [6.45, 7) is 8.98. The summed E-state index contributed by atoms with van der Waals surface area (Å²) in [5.74, 6) is -0.866. The number of rotatable bonds is 5. The molecule has 4 N–H and O–H groups in total. The van der Waals surface area contributed by atoms with Gasteiger partial charge in [-0.15, -0.1) is 0 Å². The molecule has 0 aliphatic heterocycles. The lowest BCUT2D eigenvalue weighted by Gasteiger charge is -2.22. The minimum absolute atomic E-state index is 0.0228. The summed E-state index contributed by atoms with van der Waals surface area (Å²) in [5.41, 5.74) is 9.24. The van der Waals surface area contributed by atoms with Crippen molar-refractivity contribution in [3.05, 3.63) is 29.3 Å². The average Bonchev–Trinajstić information content (AvgIpc) is 2.25. The van der Waals surface area contributed by atoms with Gasteiger partial charge in [0.1, 0.15) is 0 Å². The van der Waals surface area contributed by atoms with Crippen LogP contribution in [-0.2, 0) is 10.2 Å². The van der Waals surface area contributed by atoms with Gasteiger partial charge in [0.2, 0.25) is 0 Å². The lowest BCUT2D eigenvalue weighted by molar-refractivity contribution is -0.137. The van der Waals surface area contributed by atoms with Crippen molar-refractivity contribution in [3.63, 3.8) is 0 Å². The Kier molecular flexibility index (Phi) is 4.95. The Morgan fingerprint density at radius 1 is 1.42 bits per heavy atom. The largest absolute Gasteiger partial charge is 0.481 e. The number of benzene rings is 1. The molecule has 0 heterocycles. The normalized spacial score (nSPS) is 13.1. The average molecular weight is 264 g/mol. The highest BCUT2D eigenvalue weighted by Gasteiger charge is 2.15. The van der Waals surface area contributed by atoms with Gasteiger partial charge in [0.25, 0.3) is 0 Å². The van der Waals surface area contributed by atoms with Gasteiger partial charge in [-0.2, -0.15) is 0 Å². The first kappa shape index (κ1) is 15.5. The zero-order valence-electron chi connectivity index (χ0n) is 12.2. The fourth-order valence-corrected chi connectivity index (χ4v) is 1.82. The Morgan fingerprint density at radius 2 is 2.05 bits per heavy atom. The lowest BCUT2D eigenvalue weighted by atomic mass is 9.86. The summed E-state index contributed by atoms with van der Waals surface area (Å²) in [6.07, 6.45) is -0.0228. The van der Waals surface area contributed by atoms with E-state index in [9.17, 15) is 4.79 Å². The van der Waals surface area contributed by atoms with Crippen molar-refractivity contribution in [2.75, 3.05) is 11.9 Å². The Bertz CT molecular complexity index is 450. The highest BCUT2D eigenvalue weighted by molar-refractivity contribution is 5.67. The van der Waals surface area contributed by atoms with Crippen LogP contribution in [-0.4, -0.2) is 23.7 Å². The molecule has 1 aromatic rings. The van der Waals surface area contributed by atoms with Gasteiger partial charge in [-0.1, -0.05) is 32.9 Å². The minimum atomic E-state index is -0.866. The van der Waals surface area contributed by atoms with Gasteiger partial charge in [-0.05, 0) is 29.5 Å². The molecule has 0 spiro atoms. The minimum Gasteiger partial charge on any atom is -0.481 e. The molecule has 4 heteroatoms. The first-order valence-electron chi connectivity index (χ1n) is 6.52. The molecule has 106 valence electrons. The van der Waals surface area contributed by atoms with Crippen molar-refractivity contribution in [1.82, 2.24) is 0 Å². The van der Waals surface area contributed by atoms with E-state index in [0.717, 1.165) is 11.3 Å². The number of nitrogens with one attached hydrogen (secondary N) is 1. The highest BCUT2D eigenvalue weighted by Crippen LogP contribution is 2.26. The van der Waals surface area contributed by atoms with Crippen LogP contribution in [0.25, 0.3) is 0 Å². The molecule has 0 saturated carbocycles. The van der Waals surface area contributed by atoms with Crippen molar-refractivity contribution >= 4 is 11.7 Å². The number of aliphatic carboxylic acids is 1. The Morgan fingerprint density at radius 3 is 2.58 bits per heavy atom. The molecule has 0 saturated heterocycles. The third-order valence-electron chi connectivity index (χ3n) is 3.10. The molecular formula is C15H24N2O2. The maximum absolute atomic E-state index is 10.6.